The lowest BCUT2D eigenvalue weighted by Gasteiger charge is -2.22. The van der Waals surface area contributed by atoms with Crippen LogP contribution in [0.2, 0.25) is 0 Å². The fourth-order valence-corrected chi connectivity index (χ4v) is 2.63. The molecule has 1 aromatic rings. The van der Waals surface area contributed by atoms with Gasteiger partial charge < -0.3 is 9.84 Å². The first-order chi connectivity index (χ1) is 8.24. The summed E-state index contributed by atoms with van der Waals surface area (Å²) in [4.78, 5) is 2.28. The molecule has 1 heterocycles. The smallest absolute Gasteiger partial charge is 0.137 e. The number of rotatable bonds is 4. The van der Waals surface area contributed by atoms with Crippen LogP contribution in [0, 0.1) is 0 Å². The van der Waals surface area contributed by atoms with Crippen LogP contribution in [-0.4, -0.2) is 35.8 Å². The summed E-state index contributed by atoms with van der Waals surface area (Å²) in [6, 6.07) is 8.16. The molecule has 0 aliphatic carbocycles. The van der Waals surface area contributed by atoms with Gasteiger partial charge in [-0.3, -0.25) is 4.90 Å². The zero-order chi connectivity index (χ0) is 12.3. The molecule has 1 saturated heterocycles. The Labute approximate surface area is 111 Å². The molecule has 17 heavy (non-hydrogen) atoms. The lowest BCUT2D eigenvalue weighted by Crippen LogP contribution is -2.26. The van der Waals surface area contributed by atoms with Gasteiger partial charge in [0.15, 0.2) is 0 Å². The van der Waals surface area contributed by atoms with Gasteiger partial charge in [0.1, 0.15) is 6.23 Å². The highest BCUT2D eigenvalue weighted by atomic mass is 79.9. The zero-order valence-electron chi connectivity index (χ0n) is 9.97. The number of halogens is 1. The van der Waals surface area contributed by atoms with Crippen molar-refractivity contribution in [3.05, 3.63) is 34.3 Å². The second-order valence-electron chi connectivity index (χ2n) is 4.34. The summed E-state index contributed by atoms with van der Waals surface area (Å²) in [6.07, 6.45) is 1.00. The van der Waals surface area contributed by atoms with Crippen LogP contribution >= 0.6 is 15.9 Å². The maximum absolute atomic E-state index is 9.21. The van der Waals surface area contributed by atoms with Crippen molar-refractivity contribution in [3.8, 4) is 0 Å². The molecule has 0 amide bonds. The molecule has 0 aromatic heterocycles. The standard InChI is InChI=1S/C13H18BrNO2/c1-2-6-15-8-12(9-16)17-13(15)10-4-3-5-11(14)7-10/h3-5,7,12-13,16H,2,6,8-9H2,1H3. The Morgan fingerprint density at radius 3 is 3.00 bits per heavy atom. The highest BCUT2D eigenvalue weighted by Gasteiger charge is 2.32. The van der Waals surface area contributed by atoms with Crippen molar-refractivity contribution in [3.63, 3.8) is 0 Å². The SMILES string of the molecule is CCCN1CC(CO)OC1c1cccc(Br)c1. The van der Waals surface area contributed by atoms with Gasteiger partial charge in [-0.2, -0.15) is 0 Å². The van der Waals surface area contributed by atoms with Crippen molar-refractivity contribution in [2.45, 2.75) is 25.7 Å². The third-order valence-corrected chi connectivity index (χ3v) is 3.43. The average Bonchev–Trinajstić information content (AvgIpc) is 2.73. The van der Waals surface area contributed by atoms with E-state index in [4.69, 9.17) is 4.74 Å². The second-order valence-corrected chi connectivity index (χ2v) is 5.26. The van der Waals surface area contributed by atoms with Crippen LogP contribution in [0.5, 0.6) is 0 Å². The summed E-state index contributed by atoms with van der Waals surface area (Å²) in [5.41, 5.74) is 1.14. The molecule has 1 fully saturated rings. The topological polar surface area (TPSA) is 32.7 Å². The third kappa shape index (κ3) is 3.07. The van der Waals surface area contributed by atoms with Gasteiger partial charge in [-0.1, -0.05) is 35.0 Å². The molecule has 2 rings (SSSR count). The van der Waals surface area contributed by atoms with Gasteiger partial charge in [-0.05, 0) is 24.1 Å². The Morgan fingerprint density at radius 1 is 1.53 bits per heavy atom. The molecule has 0 radical (unpaired) electrons. The van der Waals surface area contributed by atoms with Crippen molar-refractivity contribution in [2.75, 3.05) is 19.7 Å². The fourth-order valence-electron chi connectivity index (χ4n) is 2.21. The molecular weight excluding hydrogens is 282 g/mol. The number of nitrogens with zero attached hydrogens (tertiary/aromatic N) is 1. The number of ether oxygens (including phenoxy) is 1. The van der Waals surface area contributed by atoms with Crippen LogP contribution in [-0.2, 0) is 4.74 Å². The van der Waals surface area contributed by atoms with E-state index in [1.54, 1.807) is 0 Å². The third-order valence-electron chi connectivity index (χ3n) is 2.94. The minimum atomic E-state index is -0.0643. The van der Waals surface area contributed by atoms with Crippen LogP contribution in [0.3, 0.4) is 0 Å². The predicted octanol–water partition coefficient (Wildman–Crippen LogP) is 2.55. The van der Waals surface area contributed by atoms with Crippen molar-refractivity contribution in [1.82, 2.24) is 4.90 Å². The Bertz CT molecular complexity index is 372. The fraction of sp³-hybridized carbons (Fsp3) is 0.538. The zero-order valence-corrected chi connectivity index (χ0v) is 11.6. The van der Waals surface area contributed by atoms with Gasteiger partial charge in [-0.25, -0.2) is 0 Å². The van der Waals surface area contributed by atoms with Crippen LogP contribution in [0.15, 0.2) is 28.7 Å². The Morgan fingerprint density at radius 2 is 2.35 bits per heavy atom. The van der Waals surface area contributed by atoms with Gasteiger partial charge in [0.05, 0.1) is 12.7 Å². The summed E-state index contributed by atoms with van der Waals surface area (Å²) in [7, 11) is 0. The van der Waals surface area contributed by atoms with Crippen LogP contribution in [0.1, 0.15) is 25.1 Å². The number of aliphatic hydroxyl groups is 1. The van der Waals surface area contributed by atoms with Crippen LogP contribution in [0.4, 0.5) is 0 Å². The number of benzene rings is 1. The lowest BCUT2D eigenvalue weighted by molar-refractivity contribution is -0.0195. The number of hydrogen-bond donors (Lipinski definition) is 1. The minimum Gasteiger partial charge on any atom is -0.394 e. The van der Waals surface area contributed by atoms with Crippen molar-refractivity contribution < 1.29 is 9.84 Å². The molecule has 94 valence electrons. The largest absolute Gasteiger partial charge is 0.394 e. The summed E-state index contributed by atoms with van der Waals surface area (Å²) in [6.45, 7) is 4.05. The Hall–Kier alpha value is -0.420. The summed E-state index contributed by atoms with van der Waals surface area (Å²) in [5.74, 6) is 0. The Balaban J connectivity index is 2.17. The molecular formula is C13H18BrNO2. The minimum absolute atomic E-state index is 0.0235. The van der Waals surface area contributed by atoms with Crippen molar-refractivity contribution in [1.29, 1.82) is 0 Å². The Kier molecular flexibility index (Phi) is 4.56. The molecule has 1 aliphatic rings. The first-order valence-corrected chi connectivity index (χ1v) is 6.79. The van der Waals surface area contributed by atoms with E-state index in [1.165, 1.54) is 0 Å². The number of hydrogen-bond acceptors (Lipinski definition) is 3. The van der Waals surface area contributed by atoms with E-state index in [2.05, 4.69) is 39.9 Å². The van der Waals surface area contributed by atoms with Gasteiger partial charge >= 0.3 is 0 Å². The molecule has 1 N–H and O–H groups in total. The van der Waals surface area contributed by atoms with Crippen LogP contribution < -0.4 is 0 Å². The number of aliphatic hydroxyl groups excluding tert-OH is 1. The molecule has 0 spiro atoms. The van der Waals surface area contributed by atoms with E-state index >= 15 is 0 Å². The van der Waals surface area contributed by atoms with E-state index in [1.807, 2.05) is 12.1 Å². The van der Waals surface area contributed by atoms with E-state index in [9.17, 15) is 5.11 Å². The first kappa shape index (κ1) is 13.0. The molecule has 2 atom stereocenters. The van der Waals surface area contributed by atoms with Gasteiger partial charge in [-0.15, -0.1) is 0 Å². The van der Waals surface area contributed by atoms with Crippen molar-refractivity contribution in [2.24, 2.45) is 0 Å². The van der Waals surface area contributed by atoms with Crippen LogP contribution in [0.25, 0.3) is 0 Å². The quantitative estimate of drug-likeness (QED) is 0.927. The van der Waals surface area contributed by atoms with Gasteiger partial charge in [0.25, 0.3) is 0 Å². The van der Waals surface area contributed by atoms with Gasteiger partial charge in [0.2, 0.25) is 0 Å². The molecule has 1 aromatic carbocycles. The summed E-state index contributed by atoms with van der Waals surface area (Å²) in [5, 5.41) is 9.21. The predicted molar refractivity (Wildman–Crippen MR) is 70.7 cm³/mol. The highest BCUT2D eigenvalue weighted by molar-refractivity contribution is 9.10. The summed E-state index contributed by atoms with van der Waals surface area (Å²) >= 11 is 3.48. The highest BCUT2D eigenvalue weighted by Crippen LogP contribution is 2.31. The molecule has 4 heteroatoms. The second kappa shape index (κ2) is 5.96. The molecule has 1 aliphatic heterocycles. The van der Waals surface area contributed by atoms with Gasteiger partial charge in [0, 0.05) is 17.6 Å². The van der Waals surface area contributed by atoms with E-state index in [-0.39, 0.29) is 18.9 Å². The first-order valence-electron chi connectivity index (χ1n) is 6.00. The molecule has 2 unspecified atom stereocenters. The normalized spacial score (nSPS) is 25.4. The lowest BCUT2D eigenvalue weighted by atomic mass is 10.2. The maximum atomic E-state index is 9.21. The molecule has 0 saturated carbocycles. The van der Waals surface area contributed by atoms with E-state index in [0.29, 0.717) is 0 Å². The van der Waals surface area contributed by atoms with E-state index < -0.39 is 0 Å². The molecule has 0 bridgehead atoms. The average molecular weight is 300 g/mol. The molecule has 3 nitrogen and oxygen atoms in total. The summed E-state index contributed by atoms with van der Waals surface area (Å²) < 4.78 is 6.93. The monoisotopic (exact) mass is 299 g/mol. The maximum Gasteiger partial charge on any atom is 0.137 e. The van der Waals surface area contributed by atoms with E-state index in [0.717, 1.165) is 29.5 Å². The van der Waals surface area contributed by atoms with Crippen molar-refractivity contribution >= 4 is 15.9 Å².